The quantitative estimate of drug-likeness (QED) is 0.883. The third-order valence-electron chi connectivity index (χ3n) is 3.06. The minimum Gasteiger partial charge on any atom is -0.355 e. The zero-order valence-electron chi connectivity index (χ0n) is 12.1. The van der Waals surface area contributed by atoms with Gasteiger partial charge in [0.1, 0.15) is 0 Å². The molecule has 0 unspecified atom stereocenters. The number of carbonyl (C=O) groups excluding carboxylic acids is 2. The number of hydrogen-bond acceptors (Lipinski definition) is 2. The molecule has 0 saturated heterocycles. The zero-order valence-corrected chi connectivity index (χ0v) is 12.1. The van der Waals surface area contributed by atoms with E-state index in [0.717, 1.165) is 23.2 Å². The molecule has 2 amide bonds. The Bertz CT molecular complexity index is 469. The third-order valence-corrected chi connectivity index (χ3v) is 3.06. The van der Waals surface area contributed by atoms with Gasteiger partial charge in [0.2, 0.25) is 11.8 Å². The van der Waals surface area contributed by atoms with Gasteiger partial charge >= 0.3 is 0 Å². The summed E-state index contributed by atoms with van der Waals surface area (Å²) >= 11 is 0. The van der Waals surface area contributed by atoms with E-state index in [2.05, 4.69) is 12.2 Å². The van der Waals surface area contributed by atoms with Gasteiger partial charge in [-0.25, -0.2) is 0 Å². The lowest BCUT2D eigenvalue weighted by Crippen LogP contribution is -2.37. The van der Waals surface area contributed by atoms with Crippen molar-refractivity contribution in [1.29, 1.82) is 0 Å². The second-order valence-corrected chi connectivity index (χ2v) is 4.59. The number of carbonyl (C=O) groups is 2. The molecule has 0 bridgehead atoms. The van der Waals surface area contributed by atoms with Crippen molar-refractivity contribution in [2.45, 2.75) is 34.1 Å². The van der Waals surface area contributed by atoms with E-state index in [1.807, 2.05) is 25.1 Å². The van der Waals surface area contributed by atoms with Crippen molar-refractivity contribution in [3.05, 3.63) is 29.3 Å². The van der Waals surface area contributed by atoms with Crippen LogP contribution < -0.4 is 10.2 Å². The highest BCUT2D eigenvalue weighted by Crippen LogP contribution is 2.25. The molecule has 1 aromatic rings. The summed E-state index contributed by atoms with van der Waals surface area (Å²) in [5.41, 5.74) is 3.21. The van der Waals surface area contributed by atoms with Crippen LogP contribution in [0.3, 0.4) is 0 Å². The lowest BCUT2D eigenvalue weighted by Gasteiger charge is -2.25. The fraction of sp³-hybridized carbons (Fsp3) is 0.467. The second-order valence-electron chi connectivity index (χ2n) is 4.59. The Morgan fingerprint density at radius 1 is 1.26 bits per heavy atom. The first-order valence-electron chi connectivity index (χ1n) is 6.58. The van der Waals surface area contributed by atoms with Crippen molar-refractivity contribution in [2.24, 2.45) is 0 Å². The van der Waals surface area contributed by atoms with Gasteiger partial charge in [-0.15, -0.1) is 0 Å². The van der Waals surface area contributed by atoms with Crippen molar-refractivity contribution >= 4 is 17.5 Å². The van der Waals surface area contributed by atoms with Crippen LogP contribution in [0, 0.1) is 6.92 Å². The summed E-state index contributed by atoms with van der Waals surface area (Å²) in [7, 11) is 0. The Morgan fingerprint density at radius 3 is 2.47 bits per heavy atom. The van der Waals surface area contributed by atoms with E-state index in [9.17, 15) is 9.59 Å². The van der Waals surface area contributed by atoms with Gasteiger partial charge < -0.3 is 10.2 Å². The molecular formula is C15H22N2O2. The number of nitrogens with one attached hydrogen (secondary N) is 1. The molecule has 0 radical (unpaired) electrons. The monoisotopic (exact) mass is 262 g/mol. The van der Waals surface area contributed by atoms with Crippen molar-refractivity contribution in [3.63, 3.8) is 0 Å². The molecule has 0 aromatic heterocycles. The number of benzene rings is 1. The minimum atomic E-state index is -0.0796. The van der Waals surface area contributed by atoms with Gasteiger partial charge in [0.05, 0.1) is 0 Å². The molecule has 0 fully saturated rings. The molecule has 1 N–H and O–H groups in total. The molecule has 0 atom stereocenters. The lowest BCUT2D eigenvalue weighted by atomic mass is 10.0. The predicted octanol–water partition coefficient (Wildman–Crippen LogP) is 2.05. The van der Waals surface area contributed by atoms with Crippen LogP contribution in [0.5, 0.6) is 0 Å². The number of para-hydroxylation sites is 1. The van der Waals surface area contributed by atoms with Gasteiger partial charge in [0.15, 0.2) is 0 Å². The zero-order chi connectivity index (χ0) is 14.4. The van der Waals surface area contributed by atoms with Gasteiger partial charge in [-0.1, -0.05) is 25.1 Å². The molecule has 104 valence electrons. The molecule has 0 heterocycles. The second kappa shape index (κ2) is 6.92. The number of rotatable bonds is 5. The maximum absolute atomic E-state index is 11.9. The fourth-order valence-electron chi connectivity index (χ4n) is 2.16. The van der Waals surface area contributed by atoms with Crippen molar-refractivity contribution < 1.29 is 9.59 Å². The maximum Gasteiger partial charge on any atom is 0.223 e. The molecule has 4 nitrogen and oxygen atoms in total. The molecule has 19 heavy (non-hydrogen) atoms. The summed E-state index contributed by atoms with van der Waals surface area (Å²) in [5, 5.41) is 2.72. The number of hydrogen-bond donors (Lipinski definition) is 1. The summed E-state index contributed by atoms with van der Waals surface area (Å²) < 4.78 is 0. The Hall–Kier alpha value is -1.84. The average Bonchev–Trinajstić information content (AvgIpc) is 2.34. The average molecular weight is 262 g/mol. The van der Waals surface area contributed by atoms with Gasteiger partial charge in [-0.05, 0) is 24.5 Å². The summed E-state index contributed by atoms with van der Waals surface area (Å²) in [5.74, 6) is -0.0849. The molecule has 4 heteroatoms. The van der Waals surface area contributed by atoms with Crippen molar-refractivity contribution in [3.8, 4) is 0 Å². The lowest BCUT2D eigenvalue weighted by molar-refractivity contribution is -0.119. The summed E-state index contributed by atoms with van der Waals surface area (Å²) in [6.45, 7) is 8.06. The van der Waals surface area contributed by atoms with Gasteiger partial charge in [0, 0.05) is 32.6 Å². The molecule has 0 spiro atoms. The summed E-state index contributed by atoms with van der Waals surface area (Å²) in [6, 6.07) is 6.04. The summed E-state index contributed by atoms with van der Waals surface area (Å²) in [4.78, 5) is 24.5. The Labute approximate surface area is 114 Å². The smallest absolute Gasteiger partial charge is 0.223 e. The molecule has 1 aromatic carbocycles. The molecule has 1 rings (SSSR count). The topological polar surface area (TPSA) is 49.4 Å². The largest absolute Gasteiger partial charge is 0.355 e. The minimum absolute atomic E-state index is 0.00523. The van der Waals surface area contributed by atoms with E-state index >= 15 is 0 Å². The Morgan fingerprint density at radius 2 is 1.95 bits per heavy atom. The molecule has 0 aliphatic rings. The highest BCUT2D eigenvalue weighted by atomic mass is 16.2. The highest BCUT2D eigenvalue weighted by molar-refractivity contribution is 5.93. The molecular weight excluding hydrogens is 240 g/mol. The number of nitrogens with zero attached hydrogens (tertiary/aromatic N) is 1. The van der Waals surface area contributed by atoms with E-state index in [-0.39, 0.29) is 11.8 Å². The van der Waals surface area contributed by atoms with E-state index in [0.29, 0.717) is 13.1 Å². The number of anilines is 1. The van der Waals surface area contributed by atoms with Crippen LogP contribution in [-0.2, 0) is 16.0 Å². The fourth-order valence-corrected chi connectivity index (χ4v) is 2.16. The Balaban J connectivity index is 2.99. The SMILES string of the molecule is CCc1cccc(C)c1N(CCNC(C)=O)C(C)=O. The standard InChI is InChI=1S/C15H22N2O2/c1-5-14-8-6-7-11(2)15(14)17(13(4)19)10-9-16-12(3)18/h6-8H,5,9-10H2,1-4H3,(H,16,18). The number of aryl methyl sites for hydroxylation is 2. The van der Waals surface area contributed by atoms with E-state index < -0.39 is 0 Å². The molecule has 0 aliphatic carbocycles. The summed E-state index contributed by atoms with van der Waals surface area (Å²) in [6.07, 6.45) is 0.876. The third kappa shape index (κ3) is 4.09. The first-order valence-corrected chi connectivity index (χ1v) is 6.58. The van der Waals surface area contributed by atoms with Crippen LogP contribution in [0.2, 0.25) is 0 Å². The van der Waals surface area contributed by atoms with E-state index in [4.69, 9.17) is 0 Å². The Kier molecular flexibility index (Phi) is 5.55. The molecule has 0 saturated carbocycles. The van der Waals surface area contributed by atoms with Crippen LogP contribution in [0.25, 0.3) is 0 Å². The maximum atomic E-state index is 11.9. The first kappa shape index (κ1) is 15.2. The first-order chi connectivity index (χ1) is 8.97. The van der Waals surface area contributed by atoms with Crippen LogP contribution in [0.1, 0.15) is 31.9 Å². The highest BCUT2D eigenvalue weighted by Gasteiger charge is 2.16. The van der Waals surface area contributed by atoms with Gasteiger partial charge in [-0.2, -0.15) is 0 Å². The van der Waals surface area contributed by atoms with Crippen molar-refractivity contribution in [2.75, 3.05) is 18.0 Å². The normalized spacial score (nSPS) is 10.1. The molecule has 0 aliphatic heterocycles. The van der Waals surface area contributed by atoms with Crippen LogP contribution in [0.4, 0.5) is 5.69 Å². The number of amides is 2. The van der Waals surface area contributed by atoms with Gasteiger partial charge in [0.25, 0.3) is 0 Å². The van der Waals surface area contributed by atoms with Crippen LogP contribution in [0.15, 0.2) is 18.2 Å². The predicted molar refractivity (Wildman–Crippen MR) is 77.3 cm³/mol. The van der Waals surface area contributed by atoms with Gasteiger partial charge in [-0.3, -0.25) is 9.59 Å². The van der Waals surface area contributed by atoms with E-state index in [1.54, 1.807) is 11.8 Å². The van der Waals surface area contributed by atoms with E-state index in [1.165, 1.54) is 6.92 Å². The van der Waals surface area contributed by atoms with Crippen LogP contribution in [-0.4, -0.2) is 24.9 Å². The van der Waals surface area contributed by atoms with Crippen LogP contribution >= 0.6 is 0 Å². The van der Waals surface area contributed by atoms with Crippen molar-refractivity contribution in [1.82, 2.24) is 5.32 Å².